The van der Waals surface area contributed by atoms with Gasteiger partial charge in [-0.05, 0) is 36.6 Å². The van der Waals surface area contributed by atoms with Crippen molar-refractivity contribution in [3.05, 3.63) is 54.3 Å². The normalized spacial score (nSPS) is 11.6. The average molecular weight is 332 g/mol. The van der Waals surface area contributed by atoms with Gasteiger partial charge in [0.15, 0.2) is 11.6 Å². The van der Waals surface area contributed by atoms with E-state index in [1.807, 2.05) is 13.0 Å². The topological polar surface area (TPSA) is 70.6 Å². The number of hydrogen-bond acceptors (Lipinski definition) is 3. The van der Waals surface area contributed by atoms with Gasteiger partial charge in [0.2, 0.25) is 0 Å². The van der Waals surface area contributed by atoms with Gasteiger partial charge in [-0.3, -0.25) is 0 Å². The molecule has 0 saturated carbocycles. The van der Waals surface area contributed by atoms with E-state index in [1.54, 1.807) is 30.3 Å². The van der Waals surface area contributed by atoms with E-state index in [-0.39, 0.29) is 24.0 Å². The number of benzene rings is 2. The second kappa shape index (κ2) is 8.88. The highest BCUT2D eigenvalue weighted by Gasteiger charge is 2.14. The first-order valence-electron chi connectivity index (χ1n) is 7.77. The van der Waals surface area contributed by atoms with Crippen molar-refractivity contribution in [1.82, 2.24) is 5.32 Å². The third kappa shape index (κ3) is 5.24. The number of aliphatic hydroxyl groups excluding tert-OH is 1. The maximum atomic E-state index is 14.1. The fraction of sp³-hybridized carbons (Fsp3) is 0.278. The van der Waals surface area contributed by atoms with Crippen molar-refractivity contribution in [2.24, 2.45) is 5.92 Å². The number of para-hydroxylation sites is 2. The average Bonchev–Trinajstić information content (AvgIpc) is 2.57. The molecule has 24 heavy (non-hydrogen) atoms. The van der Waals surface area contributed by atoms with E-state index >= 15 is 0 Å². The Kier molecular flexibility index (Phi) is 6.57. The first-order valence-corrected chi connectivity index (χ1v) is 7.77. The molecule has 0 spiro atoms. The van der Waals surface area contributed by atoms with E-state index in [0.717, 1.165) is 0 Å². The summed E-state index contributed by atoms with van der Waals surface area (Å²) >= 11 is 0. The van der Waals surface area contributed by atoms with Crippen LogP contribution in [0.1, 0.15) is 13.3 Å². The SMILES string of the molecule is CC(CCO)CNC(=O)Nc1c(F)cccc1Oc1ccccc1. The summed E-state index contributed by atoms with van der Waals surface area (Å²) in [6.07, 6.45) is 0.586. The Labute approximate surface area is 140 Å². The zero-order valence-corrected chi connectivity index (χ0v) is 13.5. The second-order valence-electron chi connectivity index (χ2n) is 5.48. The van der Waals surface area contributed by atoms with Crippen molar-refractivity contribution in [2.75, 3.05) is 18.5 Å². The van der Waals surface area contributed by atoms with Crippen molar-refractivity contribution >= 4 is 11.7 Å². The smallest absolute Gasteiger partial charge is 0.319 e. The summed E-state index contributed by atoms with van der Waals surface area (Å²) in [5.74, 6) is 0.311. The monoisotopic (exact) mass is 332 g/mol. The predicted molar refractivity (Wildman–Crippen MR) is 90.8 cm³/mol. The number of urea groups is 1. The van der Waals surface area contributed by atoms with Crippen LogP contribution in [-0.2, 0) is 0 Å². The van der Waals surface area contributed by atoms with Crippen LogP contribution in [0.25, 0.3) is 0 Å². The van der Waals surface area contributed by atoms with Gasteiger partial charge in [-0.25, -0.2) is 9.18 Å². The second-order valence-corrected chi connectivity index (χ2v) is 5.48. The molecule has 1 atom stereocenters. The van der Waals surface area contributed by atoms with E-state index in [0.29, 0.717) is 18.7 Å². The highest BCUT2D eigenvalue weighted by molar-refractivity contribution is 5.91. The molecule has 1 unspecified atom stereocenters. The van der Waals surface area contributed by atoms with Crippen molar-refractivity contribution in [3.63, 3.8) is 0 Å². The molecule has 2 amide bonds. The van der Waals surface area contributed by atoms with Crippen LogP contribution in [0.5, 0.6) is 11.5 Å². The molecule has 0 aliphatic heterocycles. The van der Waals surface area contributed by atoms with E-state index in [4.69, 9.17) is 9.84 Å². The molecule has 2 rings (SSSR count). The largest absolute Gasteiger partial charge is 0.455 e. The molecule has 0 aromatic heterocycles. The van der Waals surface area contributed by atoms with Gasteiger partial charge in [-0.15, -0.1) is 0 Å². The maximum Gasteiger partial charge on any atom is 0.319 e. The number of nitrogens with one attached hydrogen (secondary N) is 2. The molecule has 0 radical (unpaired) electrons. The Balaban J connectivity index is 2.05. The van der Waals surface area contributed by atoms with Crippen LogP contribution in [0.3, 0.4) is 0 Å². The number of carbonyl (C=O) groups excluding carboxylic acids is 1. The lowest BCUT2D eigenvalue weighted by molar-refractivity contribution is 0.243. The van der Waals surface area contributed by atoms with Crippen LogP contribution in [0.15, 0.2) is 48.5 Å². The van der Waals surface area contributed by atoms with Crippen LogP contribution < -0.4 is 15.4 Å². The molecule has 0 bridgehead atoms. The number of rotatable bonds is 7. The summed E-state index contributed by atoms with van der Waals surface area (Å²) in [7, 11) is 0. The fourth-order valence-corrected chi connectivity index (χ4v) is 2.07. The molecule has 2 aromatic carbocycles. The molecule has 0 aliphatic rings. The number of aliphatic hydroxyl groups is 1. The van der Waals surface area contributed by atoms with E-state index in [9.17, 15) is 9.18 Å². The molecule has 2 aromatic rings. The minimum absolute atomic E-state index is 0.0198. The molecule has 3 N–H and O–H groups in total. The van der Waals surface area contributed by atoms with Gasteiger partial charge in [0.25, 0.3) is 0 Å². The number of halogens is 1. The Morgan fingerprint density at radius 2 is 1.96 bits per heavy atom. The third-order valence-electron chi connectivity index (χ3n) is 3.42. The highest BCUT2D eigenvalue weighted by Crippen LogP contribution is 2.31. The Bertz CT molecular complexity index is 665. The van der Waals surface area contributed by atoms with Crippen molar-refractivity contribution in [3.8, 4) is 11.5 Å². The van der Waals surface area contributed by atoms with Gasteiger partial charge in [0.05, 0.1) is 0 Å². The van der Waals surface area contributed by atoms with E-state index in [2.05, 4.69) is 10.6 Å². The van der Waals surface area contributed by atoms with Crippen LogP contribution in [-0.4, -0.2) is 24.3 Å². The Morgan fingerprint density at radius 3 is 2.67 bits per heavy atom. The maximum absolute atomic E-state index is 14.1. The van der Waals surface area contributed by atoms with Crippen LogP contribution in [0, 0.1) is 11.7 Å². The number of amides is 2. The van der Waals surface area contributed by atoms with Gasteiger partial charge in [0.1, 0.15) is 11.4 Å². The van der Waals surface area contributed by atoms with E-state index < -0.39 is 11.8 Å². The van der Waals surface area contributed by atoms with Crippen molar-refractivity contribution < 1.29 is 19.0 Å². The van der Waals surface area contributed by atoms with Gasteiger partial charge >= 0.3 is 6.03 Å². The summed E-state index contributed by atoms with van der Waals surface area (Å²) in [5.41, 5.74) is -0.0198. The highest BCUT2D eigenvalue weighted by atomic mass is 19.1. The zero-order chi connectivity index (χ0) is 17.4. The lowest BCUT2D eigenvalue weighted by atomic mass is 10.1. The summed E-state index contributed by atoms with van der Waals surface area (Å²) < 4.78 is 19.7. The Hall–Kier alpha value is -2.60. The molecule has 5 nitrogen and oxygen atoms in total. The minimum Gasteiger partial charge on any atom is -0.455 e. The van der Waals surface area contributed by atoms with Crippen molar-refractivity contribution in [1.29, 1.82) is 0 Å². The summed E-state index contributed by atoms with van der Waals surface area (Å²) in [4.78, 5) is 12.0. The number of hydrogen-bond donors (Lipinski definition) is 3. The molecular weight excluding hydrogens is 311 g/mol. The molecule has 6 heteroatoms. The fourth-order valence-electron chi connectivity index (χ4n) is 2.07. The third-order valence-corrected chi connectivity index (χ3v) is 3.42. The zero-order valence-electron chi connectivity index (χ0n) is 13.5. The van der Waals surface area contributed by atoms with Gasteiger partial charge in [-0.2, -0.15) is 0 Å². The molecule has 0 saturated heterocycles. The lowest BCUT2D eigenvalue weighted by Gasteiger charge is -2.15. The number of ether oxygens (including phenoxy) is 1. The molecular formula is C18H21FN2O3. The molecule has 128 valence electrons. The summed E-state index contributed by atoms with van der Waals surface area (Å²) in [5, 5.41) is 14.0. The number of carbonyl (C=O) groups is 1. The summed E-state index contributed by atoms with van der Waals surface area (Å²) in [6, 6.07) is 12.8. The van der Waals surface area contributed by atoms with Crippen LogP contribution >= 0.6 is 0 Å². The molecule has 0 fully saturated rings. The van der Waals surface area contributed by atoms with Crippen LogP contribution in [0.4, 0.5) is 14.9 Å². The first kappa shape index (κ1) is 17.7. The Morgan fingerprint density at radius 1 is 1.21 bits per heavy atom. The number of anilines is 1. The van der Waals surface area contributed by atoms with Gasteiger partial charge in [0, 0.05) is 13.2 Å². The summed E-state index contributed by atoms with van der Waals surface area (Å²) in [6.45, 7) is 2.35. The first-order chi connectivity index (χ1) is 11.6. The van der Waals surface area contributed by atoms with Crippen molar-refractivity contribution in [2.45, 2.75) is 13.3 Å². The predicted octanol–water partition coefficient (Wildman–Crippen LogP) is 3.76. The quantitative estimate of drug-likeness (QED) is 0.723. The van der Waals surface area contributed by atoms with E-state index in [1.165, 1.54) is 12.1 Å². The molecule has 0 heterocycles. The van der Waals surface area contributed by atoms with Gasteiger partial charge < -0.3 is 20.5 Å². The lowest BCUT2D eigenvalue weighted by Crippen LogP contribution is -2.33. The standard InChI is InChI=1S/C18H21FN2O3/c1-13(10-11-22)12-20-18(23)21-17-15(19)8-5-9-16(17)24-14-6-3-2-4-7-14/h2-9,13,22H,10-12H2,1H3,(H2,20,21,23). The molecule has 0 aliphatic carbocycles. The minimum atomic E-state index is -0.581. The van der Waals surface area contributed by atoms with Crippen LogP contribution in [0.2, 0.25) is 0 Å². The van der Waals surface area contributed by atoms with Gasteiger partial charge in [-0.1, -0.05) is 31.2 Å².